The molecule has 8 heteroatoms. The van der Waals surface area contributed by atoms with Crippen LogP contribution >= 0.6 is 0 Å². The van der Waals surface area contributed by atoms with Crippen molar-refractivity contribution < 1.29 is 23.5 Å². The van der Waals surface area contributed by atoms with Crippen LogP contribution < -0.4 is 10.1 Å². The smallest absolute Gasteiger partial charge is 0.331 e. The molecule has 160 valence electrons. The van der Waals surface area contributed by atoms with E-state index in [2.05, 4.69) is 10.4 Å². The van der Waals surface area contributed by atoms with Crippen LogP contribution in [0.5, 0.6) is 5.75 Å². The van der Waals surface area contributed by atoms with Crippen LogP contribution in [0.1, 0.15) is 17.0 Å². The van der Waals surface area contributed by atoms with Crippen molar-refractivity contribution in [3.63, 3.8) is 0 Å². The molecule has 31 heavy (non-hydrogen) atoms. The summed E-state index contributed by atoms with van der Waals surface area (Å²) in [6.45, 7) is 3.22. The van der Waals surface area contributed by atoms with Gasteiger partial charge in [-0.3, -0.25) is 4.79 Å². The molecule has 0 saturated heterocycles. The van der Waals surface area contributed by atoms with E-state index in [0.717, 1.165) is 11.3 Å². The molecular weight excluding hydrogens is 401 g/mol. The molecule has 2 aromatic carbocycles. The number of halogens is 1. The number of nitrogens with zero attached hydrogens (tertiary/aromatic N) is 2. The number of hydrogen-bond donors (Lipinski definition) is 1. The van der Waals surface area contributed by atoms with Crippen molar-refractivity contribution in [1.82, 2.24) is 9.78 Å². The lowest BCUT2D eigenvalue weighted by Gasteiger charge is -2.07. The number of esters is 1. The summed E-state index contributed by atoms with van der Waals surface area (Å²) in [5, 5.41) is 7.07. The summed E-state index contributed by atoms with van der Waals surface area (Å²) in [6, 6.07) is 12.8. The van der Waals surface area contributed by atoms with Crippen molar-refractivity contribution in [2.24, 2.45) is 0 Å². The lowest BCUT2D eigenvalue weighted by molar-refractivity contribution is -0.142. The highest BCUT2D eigenvalue weighted by molar-refractivity contribution is 5.94. The molecule has 0 aliphatic carbocycles. The number of nitrogens with one attached hydrogen (secondary N) is 1. The molecule has 0 saturated carbocycles. The molecule has 0 radical (unpaired) electrons. The van der Waals surface area contributed by atoms with E-state index in [1.165, 1.54) is 25.3 Å². The Labute approximate surface area is 179 Å². The average molecular weight is 423 g/mol. The average Bonchev–Trinajstić information content (AvgIpc) is 3.04. The number of methoxy groups -OCH3 is 1. The van der Waals surface area contributed by atoms with E-state index >= 15 is 0 Å². The van der Waals surface area contributed by atoms with Gasteiger partial charge in [-0.2, -0.15) is 5.10 Å². The molecule has 1 N–H and O–H groups in total. The Morgan fingerprint density at radius 1 is 1.16 bits per heavy atom. The molecule has 0 atom stereocenters. The lowest BCUT2D eigenvalue weighted by atomic mass is 10.2. The summed E-state index contributed by atoms with van der Waals surface area (Å²) in [7, 11) is 1.53. The van der Waals surface area contributed by atoms with Gasteiger partial charge in [0.2, 0.25) is 0 Å². The maximum absolute atomic E-state index is 13.2. The van der Waals surface area contributed by atoms with Crippen molar-refractivity contribution in [2.45, 2.75) is 13.8 Å². The molecule has 0 aliphatic heterocycles. The van der Waals surface area contributed by atoms with Gasteiger partial charge in [-0.25, -0.2) is 13.9 Å². The van der Waals surface area contributed by atoms with Crippen molar-refractivity contribution >= 4 is 23.6 Å². The third kappa shape index (κ3) is 5.57. The van der Waals surface area contributed by atoms with Crippen LogP contribution in [-0.4, -0.2) is 35.4 Å². The number of rotatable bonds is 7. The molecule has 1 aromatic heterocycles. The quantitative estimate of drug-likeness (QED) is 0.461. The molecule has 0 unspecified atom stereocenters. The first-order valence-electron chi connectivity index (χ1n) is 9.48. The predicted octanol–water partition coefficient (Wildman–Crippen LogP) is 3.83. The number of aryl methyl sites for hydroxylation is 1. The van der Waals surface area contributed by atoms with Crippen LogP contribution in [0.3, 0.4) is 0 Å². The number of amides is 1. The van der Waals surface area contributed by atoms with E-state index in [1.807, 2.05) is 6.92 Å². The second kappa shape index (κ2) is 9.71. The van der Waals surface area contributed by atoms with E-state index in [0.29, 0.717) is 22.8 Å². The molecule has 7 nitrogen and oxygen atoms in total. The number of benzene rings is 2. The second-order valence-electron chi connectivity index (χ2n) is 6.69. The fourth-order valence-electron chi connectivity index (χ4n) is 2.96. The van der Waals surface area contributed by atoms with Crippen LogP contribution in [0, 0.1) is 19.7 Å². The number of ether oxygens (including phenoxy) is 2. The Hall–Kier alpha value is -3.94. The van der Waals surface area contributed by atoms with Gasteiger partial charge in [-0.1, -0.05) is 6.07 Å². The van der Waals surface area contributed by atoms with Gasteiger partial charge in [0.25, 0.3) is 5.91 Å². The first-order chi connectivity index (χ1) is 14.9. The predicted molar refractivity (Wildman–Crippen MR) is 115 cm³/mol. The molecule has 0 spiro atoms. The normalized spacial score (nSPS) is 10.8. The molecule has 1 amide bonds. The monoisotopic (exact) mass is 423 g/mol. The Morgan fingerprint density at radius 2 is 1.90 bits per heavy atom. The topological polar surface area (TPSA) is 82.4 Å². The zero-order chi connectivity index (χ0) is 22.4. The fraction of sp³-hybridized carbons (Fsp3) is 0.174. The lowest BCUT2D eigenvalue weighted by Crippen LogP contribution is -2.20. The van der Waals surface area contributed by atoms with Gasteiger partial charge < -0.3 is 14.8 Å². The third-order valence-corrected chi connectivity index (χ3v) is 4.50. The Balaban J connectivity index is 1.59. The number of hydrogen-bond acceptors (Lipinski definition) is 5. The molecule has 0 bridgehead atoms. The summed E-state index contributed by atoms with van der Waals surface area (Å²) in [5.74, 6) is -0.853. The largest absolute Gasteiger partial charge is 0.497 e. The molecule has 1 heterocycles. The van der Waals surface area contributed by atoms with Gasteiger partial charge in [0.05, 0.1) is 18.5 Å². The second-order valence-corrected chi connectivity index (χ2v) is 6.69. The summed E-state index contributed by atoms with van der Waals surface area (Å²) in [6.07, 6.45) is 2.82. The summed E-state index contributed by atoms with van der Waals surface area (Å²) < 4.78 is 24.9. The van der Waals surface area contributed by atoms with E-state index < -0.39 is 18.5 Å². The van der Waals surface area contributed by atoms with Crippen molar-refractivity contribution in [3.8, 4) is 11.4 Å². The number of carbonyl (C=O) groups excluding carboxylic acids is 2. The van der Waals surface area contributed by atoms with E-state index in [1.54, 1.807) is 54.1 Å². The van der Waals surface area contributed by atoms with E-state index in [-0.39, 0.29) is 5.82 Å². The minimum Gasteiger partial charge on any atom is -0.497 e. The summed E-state index contributed by atoms with van der Waals surface area (Å²) >= 11 is 0. The van der Waals surface area contributed by atoms with Crippen LogP contribution in [0.25, 0.3) is 11.8 Å². The Bertz CT molecular complexity index is 1120. The van der Waals surface area contributed by atoms with E-state index in [4.69, 9.17) is 9.47 Å². The highest BCUT2D eigenvalue weighted by Gasteiger charge is 2.12. The van der Waals surface area contributed by atoms with Crippen LogP contribution in [0.2, 0.25) is 0 Å². The number of carbonyl (C=O) groups is 2. The minimum atomic E-state index is -0.658. The van der Waals surface area contributed by atoms with Crippen LogP contribution in [0.4, 0.5) is 10.1 Å². The first-order valence-corrected chi connectivity index (χ1v) is 9.48. The molecule has 3 rings (SSSR count). The van der Waals surface area contributed by atoms with Crippen LogP contribution in [-0.2, 0) is 14.3 Å². The zero-order valence-electron chi connectivity index (χ0n) is 17.4. The Kier molecular flexibility index (Phi) is 6.81. The third-order valence-electron chi connectivity index (χ3n) is 4.50. The maximum atomic E-state index is 13.2. The SMILES string of the molecule is COc1cccc(NC(=O)COC(=O)/C=C/c2c(C)nn(-c3ccc(F)cc3)c2C)c1. The molecule has 3 aromatic rings. The van der Waals surface area contributed by atoms with Gasteiger partial charge in [-0.05, 0) is 56.3 Å². The van der Waals surface area contributed by atoms with Gasteiger partial charge in [-0.15, -0.1) is 0 Å². The standard InChI is InChI=1S/C23H22FN3O4/c1-15-21(16(2)27(26-15)19-9-7-17(24)8-10-19)11-12-23(29)31-14-22(28)25-18-5-4-6-20(13-18)30-3/h4-13H,14H2,1-3H3,(H,25,28)/b12-11+. The van der Waals surface area contributed by atoms with Gasteiger partial charge in [0.15, 0.2) is 6.61 Å². The minimum absolute atomic E-state index is 0.330. The molecule has 0 aliphatic rings. The van der Waals surface area contributed by atoms with Gasteiger partial charge in [0, 0.05) is 29.1 Å². The van der Waals surface area contributed by atoms with E-state index in [9.17, 15) is 14.0 Å². The fourth-order valence-corrected chi connectivity index (χ4v) is 2.96. The van der Waals surface area contributed by atoms with Gasteiger partial charge >= 0.3 is 5.97 Å². The highest BCUT2D eigenvalue weighted by Crippen LogP contribution is 2.20. The van der Waals surface area contributed by atoms with Crippen LogP contribution in [0.15, 0.2) is 54.6 Å². The summed E-state index contributed by atoms with van der Waals surface area (Å²) in [5.41, 5.74) is 3.46. The Morgan fingerprint density at radius 3 is 2.61 bits per heavy atom. The maximum Gasteiger partial charge on any atom is 0.331 e. The van der Waals surface area contributed by atoms with Crippen molar-refractivity contribution in [1.29, 1.82) is 0 Å². The number of aromatic nitrogens is 2. The number of anilines is 1. The highest BCUT2D eigenvalue weighted by atomic mass is 19.1. The van der Waals surface area contributed by atoms with Crippen molar-refractivity contribution in [3.05, 3.63) is 77.4 Å². The molecule has 0 fully saturated rings. The first kappa shape index (κ1) is 21.8. The zero-order valence-corrected chi connectivity index (χ0v) is 17.4. The summed E-state index contributed by atoms with van der Waals surface area (Å²) in [4.78, 5) is 24.0. The van der Waals surface area contributed by atoms with Crippen molar-refractivity contribution in [2.75, 3.05) is 19.0 Å². The van der Waals surface area contributed by atoms with Gasteiger partial charge in [0.1, 0.15) is 11.6 Å². The molecular formula is C23H22FN3O4.